The van der Waals surface area contributed by atoms with Gasteiger partial charge in [-0.1, -0.05) is 49.2 Å². The molecule has 25 heavy (non-hydrogen) atoms. The molecule has 4 rings (SSSR count). The van der Waals surface area contributed by atoms with Gasteiger partial charge in [0.15, 0.2) is 0 Å². The lowest BCUT2D eigenvalue weighted by atomic mass is 9.89. The quantitative estimate of drug-likeness (QED) is 0.605. The van der Waals surface area contributed by atoms with Gasteiger partial charge in [0.05, 0.1) is 12.4 Å². The van der Waals surface area contributed by atoms with Crippen molar-refractivity contribution in [2.75, 3.05) is 0 Å². The molecule has 0 saturated heterocycles. The summed E-state index contributed by atoms with van der Waals surface area (Å²) in [4.78, 5) is 4.17. The van der Waals surface area contributed by atoms with Crippen LogP contribution in [0.1, 0.15) is 59.9 Å². The summed E-state index contributed by atoms with van der Waals surface area (Å²) >= 11 is 0. The smallest absolute Gasteiger partial charge is 0.128 e. The van der Waals surface area contributed by atoms with Crippen molar-refractivity contribution in [3.8, 4) is 0 Å². The molecule has 1 fully saturated rings. The summed E-state index contributed by atoms with van der Waals surface area (Å²) in [5.74, 6) is 0.508. The summed E-state index contributed by atoms with van der Waals surface area (Å²) in [5.41, 5.74) is 4.45. The molecule has 0 spiro atoms. The zero-order valence-electron chi connectivity index (χ0n) is 14.5. The van der Waals surface area contributed by atoms with E-state index in [1.54, 1.807) is 18.6 Å². The van der Waals surface area contributed by atoms with Crippen LogP contribution in [0.2, 0.25) is 0 Å². The molecule has 0 bridgehead atoms. The average molecular weight is 334 g/mol. The molecule has 1 aliphatic rings. The highest BCUT2D eigenvalue weighted by Gasteiger charge is 2.23. The predicted octanol–water partition coefficient (Wildman–Crippen LogP) is 5.63. The first-order valence-corrected chi connectivity index (χ1v) is 9.06. The van der Waals surface area contributed by atoms with Crippen LogP contribution in [0.4, 0.5) is 4.39 Å². The van der Waals surface area contributed by atoms with Gasteiger partial charge in [-0.3, -0.25) is 0 Å². The van der Waals surface area contributed by atoms with Gasteiger partial charge in [0.25, 0.3) is 0 Å². The molecule has 1 aliphatic carbocycles. The van der Waals surface area contributed by atoms with E-state index in [4.69, 9.17) is 0 Å². The van der Waals surface area contributed by atoms with E-state index in [1.807, 2.05) is 22.9 Å². The Morgan fingerprint density at radius 3 is 2.56 bits per heavy atom. The Bertz CT molecular complexity index is 848. The monoisotopic (exact) mass is 334 g/mol. The second kappa shape index (κ2) is 6.83. The number of nitrogens with zero attached hydrogens (tertiary/aromatic N) is 2. The molecule has 3 heteroatoms. The lowest BCUT2D eigenvalue weighted by molar-refractivity contribution is 0.571. The van der Waals surface area contributed by atoms with Gasteiger partial charge >= 0.3 is 0 Å². The van der Waals surface area contributed by atoms with E-state index in [0.717, 1.165) is 5.56 Å². The van der Waals surface area contributed by atoms with Crippen molar-refractivity contribution in [2.45, 2.75) is 44.6 Å². The van der Waals surface area contributed by atoms with Gasteiger partial charge in [0, 0.05) is 18.0 Å². The van der Waals surface area contributed by atoms with E-state index in [9.17, 15) is 4.39 Å². The number of rotatable bonds is 4. The van der Waals surface area contributed by atoms with Crippen molar-refractivity contribution in [1.82, 2.24) is 9.55 Å². The van der Waals surface area contributed by atoms with Crippen molar-refractivity contribution < 1.29 is 4.39 Å². The van der Waals surface area contributed by atoms with Gasteiger partial charge in [0.1, 0.15) is 5.82 Å². The Kier molecular flexibility index (Phi) is 4.39. The highest BCUT2D eigenvalue weighted by atomic mass is 19.1. The van der Waals surface area contributed by atoms with E-state index in [-0.39, 0.29) is 11.9 Å². The van der Waals surface area contributed by atoms with Crippen molar-refractivity contribution in [3.63, 3.8) is 0 Å². The molecule has 3 aromatic rings. The van der Waals surface area contributed by atoms with Gasteiger partial charge in [-0.15, -0.1) is 0 Å². The topological polar surface area (TPSA) is 17.8 Å². The number of halogens is 1. The molecule has 2 aromatic carbocycles. The molecule has 1 heterocycles. The third-order valence-electron chi connectivity index (χ3n) is 5.44. The SMILES string of the molecule is Cc1cc(C2CCCC2)ccc1C(c1ccccc1F)n1ccnc1. The van der Waals surface area contributed by atoms with Crippen LogP contribution in [0.25, 0.3) is 0 Å². The Morgan fingerprint density at radius 2 is 1.88 bits per heavy atom. The van der Waals surface area contributed by atoms with Gasteiger partial charge in [-0.25, -0.2) is 9.37 Å². The lowest BCUT2D eigenvalue weighted by Gasteiger charge is -2.23. The Hall–Kier alpha value is -2.42. The molecule has 0 aliphatic heterocycles. The molecule has 128 valence electrons. The Balaban J connectivity index is 1.79. The molecule has 0 N–H and O–H groups in total. The van der Waals surface area contributed by atoms with Gasteiger partial charge in [0.2, 0.25) is 0 Å². The highest BCUT2D eigenvalue weighted by molar-refractivity contribution is 5.41. The summed E-state index contributed by atoms with van der Waals surface area (Å²) in [6.45, 7) is 2.14. The molecule has 1 unspecified atom stereocenters. The maximum atomic E-state index is 14.5. The molecule has 2 nitrogen and oxygen atoms in total. The van der Waals surface area contributed by atoms with Crippen LogP contribution in [-0.4, -0.2) is 9.55 Å². The van der Waals surface area contributed by atoms with Gasteiger partial charge in [-0.05, 0) is 48.4 Å². The highest BCUT2D eigenvalue weighted by Crippen LogP contribution is 2.37. The summed E-state index contributed by atoms with van der Waals surface area (Å²) in [6, 6.07) is 13.6. The van der Waals surface area contributed by atoms with E-state index in [2.05, 4.69) is 30.1 Å². The van der Waals surface area contributed by atoms with Crippen LogP contribution < -0.4 is 0 Å². The van der Waals surface area contributed by atoms with Crippen LogP contribution >= 0.6 is 0 Å². The number of aryl methyl sites for hydroxylation is 1. The Labute approximate surface area is 148 Å². The van der Waals surface area contributed by atoms with Gasteiger partial charge in [-0.2, -0.15) is 0 Å². The maximum absolute atomic E-state index is 14.5. The molecule has 1 aromatic heterocycles. The first-order chi connectivity index (χ1) is 12.2. The third kappa shape index (κ3) is 3.11. The van der Waals surface area contributed by atoms with E-state index in [0.29, 0.717) is 11.5 Å². The van der Waals surface area contributed by atoms with Crippen molar-refractivity contribution in [3.05, 3.63) is 89.3 Å². The predicted molar refractivity (Wildman–Crippen MR) is 98.3 cm³/mol. The first-order valence-electron chi connectivity index (χ1n) is 9.06. The molecular formula is C22H23FN2. The zero-order valence-corrected chi connectivity index (χ0v) is 14.5. The fraction of sp³-hybridized carbons (Fsp3) is 0.318. The molecule has 0 amide bonds. The van der Waals surface area contributed by atoms with Crippen LogP contribution in [0.15, 0.2) is 61.2 Å². The number of aromatic nitrogens is 2. The van der Waals surface area contributed by atoms with E-state index < -0.39 is 0 Å². The second-order valence-corrected chi connectivity index (χ2v) is 7.03. The van der Waals surface area contributed by atoms with Crippen LogP contribution in [0, 0.1) is 12.7 Å². The number of benzene rings is 2. The fourth-order valence-corrected chi connectivity index (χ4v) is 4.13. The molecular weight excluding hydrogens is 311 g/mol. The van der Waals surface area contributed by atoms with E-state index in [1.165, 1.54) is 42.9 Å². The van der Waals surface area contributed by atoms with Crippen molar-refractivity contribution >= 4 is 0 Å². The fourth-order valence-electron chi connectivity index (χ4n) is 4.13. The minimum Gasteiger partial charge on any atom is -0.326 e. The summed E-state index contributed by atoms with van der Waals surface area (Å²) < 4.78 is 16.5. The second-order valence-electron chi connectivity index (χ2n) is 7.03. The van der Waals surface area contributed by atoms with Crippen molar-refractivity contribution in [2.24, 2.45) is 0 Å². The lowest BCUT2D eigenvalue weighted by Crippen LogP contribution is -2.14. The number of hydrogen-bond acceptors (Lipinski definition) is 1. The zero-order chi connectivity index (χ0) is 17.2. The Morgan fingerprint density at radius 1 is 1.08 bits per heavy atom. The number of hydrogen-bond donors (Lipinski definition) is 0. The maximum Gasteiger partial charge on any atom is 0.128 e. The minimum absolute atomic E-state index is 0.180. The molecule has 1 saturated carbocycles. The van der Waals surface area contributed by atoms with E-state index >= 15 is 0 Å². The number of imidazole rings is 1. The average Bonchev–Trinajstić information content (AvgIpc) is 3.32. The summed E-state index contributed by atoms with van der Waals surface area (Å²) in [6.07, 6.45) is 10.7. The van der Waals surface area contributed by atoms with Crippen molar-refractivity contribution in [1.29, 1.82) is 0 Å². The summed E-state index contributed by atoms with van der Waals surface area (Å²) in [7, 11) is 0. The third-order valence-corrected chi connectivity index (χ3v) is 5.44. The van der Waals surface area contributed by atoms with Crippen LogP contribution in [0.5, 0.6) is 0 Å². The van der Waals surface area contributed by atoms with Gasteiger partial charge < -0.3 is 4.57 Å². The standard InChI is InChI=1S/C22H23FN2/c1-16-14-18(17-6-2-3-7-17)10-11-19(16)22(25-13-12-24-15-25)20-8-4-5-9-21(20)23/h4-5,8-15,17,22H,2-3,6-7H2,1H3. The van der Waals surface area contributed by atoms with Crippen LogP contribution in [0.3, 0.4) is 0 Å². The minimum atomic E-state index is -0.193. The van der Waals surface area contributed by atoms with Crippen LogP contribution in [-0.2, 0) is 0 Å². The first kappa shape index (κ1) is 16.1. The largest absolute Gasteiger partial charge is 0.326 e. The normalized spacial score (nSPS) is 16.2. The molecule has 1 atom stereocenters. The summed E-state index contributed by atoms with van der Waals surface area (Å²) in [5, 5.41) is 0. The molecule has 0 radical (unpaired) electrons.